The van der Waals surface area contributed by atoms with Crippen molar-refractivity contribution in [1.29, 1.82) is 5.26 Å². The van der Waals surface area contributed by atoms with Crippen LogP contribution in [0.2, 0.25) is 0 Å². The summed E-state index contributed by atoms with van der Waals surface area (Å²) in [7, 11) is 0. The first-order valence-electron chi connectivity index (χ1n) is 12.2. The van der Waals surface area contributed by atoms with E-state index in [0.717, 1.165) is 0 Å². The molecule has 1 atom stereocenters. The van der Waals surface area contributed by atoms with Crippen molar-refractivity contribution in [2.24, 2.45) is 0 Å². The molecule has 1 heterocycles. The number of halogens is 5. The topological polar surface area (TPSA) is 94.0 Å². The molecular formula is C28H29F5N4O2. The lowest BCUT2D eigenvalue weighted by Gasteiger charge is -2.46. The van der Waals surface area contributed by atoms with Gasteiger partial charge in [-0.25, -0.2) is 22.0 Å². The summed E-state index contributed by atoms with van der Waals surface area (Å²) in [5.41, 5.74) is -0.823. The van der Waals surface area contributed by atoms with Crippen LogP contribution in [0.25, 0.3) is 6.08 Å². The first-order chi connectivity index (χ1) is 18.1. The highest BCUT2D eigenvalue weighted by molar-refractivity contribution is 5.95. The fraction of sp³-hybridized carbons (Fsp3) is 0.393. The molecule has 2 aromatic carbocycles. The van der Waals surface area contributed by atoms with E-state index in [-0.39, 0.29) is 23.5 Å². The predicted molar refractivity (Wildman–Crippen MR) is 135 cm³/mol. The molecule has 1 aliphatic rings. The van der Waals surface area contributed by atoms with Gasteiger partial charge in [-0.2, -0.15) is 5.26 Å². The quantitative estimate of drug-likeness (QED) is 0.207. The minimum absolute atomic E-state index is 0.0113. The zero-order valence-electron chi connectivity index (χ0n) is 21.9. The molecule has 3 rings (SSSR count). The van der Waals surface area contributed by atoms with Crippen molar-refractivity contribution < 1.29 is 31.5 Å². The first kappa shape index (κ1) is 29.8. The maximum absolute atomic E-state index is 14.0. The van der Waals surface area contributed by atoms with Crippen molar-refractivity contribution in [3.05, 3.63) is 76.1 Å². The highest BCUT2D eigenvalue weighted by atomic mass is 19.2. The normalized spacial score (nSPS) is 17.4. The maximum Gasteiger partial charge on any atom is 0.244 e. The van der Waals surface area contributed by atoms with Crippen LogP contribution in [0.1, 0.15) is 57.2 Å². The summed E-state index contributed by atoms with van der Waals surface area (Å²) < 4.78 is 68.3. The average Bonchev–Trinajstić information content (AvgIpc) is 2.84. The summed E-state index contributed by atoms with van der Waals surface area (Å²) in [6.07, 6.45) is 2.28. The average molecular weight is 549 g/mol. The Hall–Kier alpha value is -3.78. The van der Waals surface area contributed by atoms with Crippen LogP contribution in [0.15, 0.2) is 30.3 Å². The number of carbonyl (C=O) groups excluding carboxylic acids is 2. The van der Waals surface area contributed by atoms with Gasteiger partial charge in [0.25, 0.3) is 0 Å². The largest absolute Gasteiger partial charge is 0.351 e. The second-order valence-electron chi connectivity index (χ2n) is 10.9. The lowest BCUT2D eigenvalue weighted by molar-refractivity contribution is -0.128. The number of hydrogen-bond acceptors (Lipinski definition) is 4. The number of hydrogen-bond donors (Lipinski definition) is 3. The van der Waals surface area contributed by atoms with E-state index in [1.165, 1.54) is 0 Å². The SMILES string of the molecule is CC1(C)CC(NC(=O)[C@H](Cc2ccc(C#N)cc2)NC(=O)C=Cc2c(F)c(F)c(F)c(F)c2F)CC(C)(C)N1. The van der Waals surface area contributed by atoms with Crippen LogP contribution in [0, 0.1) is 40.4 Å². The van der Waals surface area contributed by atoms with E-state index in [1.54, 1.807) is 24.3 Å². The number of nitrogens with zero attached hydrogens (tertiary/aromatic N) is 1. The van der Waals surface area contributed by atoms with Gasteiger partial charge >= 0.3 is 0 Å². The number of piperidine rings is 1. The molecule has 2 aromatic rings. The third kappa shape index (κ3) is 7.41. The second kappa shape index (κ2) is 11.5. The molecule has 1 aliphatic heterocycles. The molecule has 11 heteroatoms. The van der Waals surface area contributed by atoms with Crippen molar-refractivity contribution in [2.75, 3.05) is 0 Å². The summed E-state index contributed by atoms with van der Waals surface area (Å²) in [6, 6.07) is 6.94. The van der Waals surface area contributed by atoms with Crippen LogP contribution in [-0.4, -0.2) is 35.0 Å². The molecule has 0 aromatic heterocycles. The number of nitrogens with one attached hydrogen (secondary N) is 3. The summed E-state index contributed by atoms with van der Waals surface area (Å²) in [5.74, 6) is -12.3. The van der Waals surface area contributed by atoms with Crippen molar-refractivity contribution in [3.63, 3.8) is 0 Å². The Labute approximate surface area is 223 Å². The monoisotopic (exact) mass is 548 g/mol. The second-order valence-corrected chi connectivity index (χ2v) is 10.9. The Kier molecular flexibility index (Phi) is 8.80. The molecule has 1 saturated heterocycles. The van der Waals surface area contributed by atoms with Crippen molar-refractivity contribution >= 4 is 17.9 Å². The van der Waals surface area contributed by atoms with E-state index in [4.69, 9.17) is 5.26 Å². The molecular weight excluding hydrogens is 519 g/mol. The Morgan fingerprint density at radius 1 is 0.974 bits per heavy atom. The van der Waals surface area contributed by atoms with Crippen LogP contribution < -0.4 is 16.0 Å². The highest BCUT2D eigenvalue weighted by Crippen LogP contribution is 2.29. The third-order valence-electron chi connectivity index (χ3n) is 6.34. The molecule has 0 bridgehead atoms. The number of nitriles is 1. The minimum Gasteiger partial charge on any atom is -0.351 e. The Balaban J connectivity index is 1.83. The molecule has 1 fully saturated rings. The molecule has 0 radical (unpaired) electrons. The summed E-state index contributed by atoms with van der Waals surface area (Å²) >= 11 is 0. The molecule has 0 aliphatic carbocycles. The van der Waals surface area contributed by atoms with Gasteiger partial charge in [0.15, 0.2) is 23.3 Å². The summed E-state index contributed by atoms with van der Waals surface area (Å²) in [6.45, 7) is 8.03. The third-order valence-corrected chi connectivity index (χ3v) is 6.34. The Morgan fingerprint density at radius 3 is 2.00 bits per heavy atom. The zero-order valence-corrected chi connectivity index (χ0v) is 21.9. The molecule has 0 spiro atoms. The number of benzene rings is 2. The lowest BCUT2D eigenvalue weighted by Crippen LogP contribution is -2.63. The molecule has 3 N–H and O–H groups in total. The van der Waals surface area contributed by atoms with E-state index in [9.17, 15) is 31.5 Å². The maximum atomic E-state index is 14.0. The molecule has 6 nitrogen and oxygen atoms in total. The standard InChI is InChI=1S/C28H29F5N4O2/c1-27(2)12-17(13-28(3,4)37-27)35-26(39)19(11-15-5-7-16(14-34)8-6-15)36-20(38)10-9-18-21(29)23(31)25(33)24(32)22(18)30/h5-10,17,19,37H,11-13H2,1-4H3,(H,35,39)(H,36,38)/t19-/m0/s1. The van der Waals surface area contributed by atoms with Crippen LogP contribution in [0.3, 0.4) is 0 Å². The minimum atomic E-state index is -2.31. The van der Waals surface area contributed by atoms with Crippen molar-refractivity contribution in [1.82, 2.24) is 16.0 Å². The fourth-order valence-electron chi connectivity index (χ4n) is 5.03. The molecule has 2 amide bonds. The van der Waals surface area contributed by atoms with Gasteiger partial charge in [-0.1, -0.05) is 12.1 Å². The molecule has 0 unspecified atom stereocenters. The predicted octanol–water partition coefficient (Wildman–Crippen LogP) is 4.42. The van der Waals surface area contributed by atoms with Crippen molar-refractivity contribution in [3.8, 4) is 6.07 Å². The Morgan fingerprint density at radius 2 is 1.49 bits per heavy atom. The smallest absolute Gasteiger partial charge is 0.244 e. The fourth-order valence-corrected chi connectivity index (χ4v) is 5.03. The molecule has 208 valence electrons. The van der Waals surface area contributed by atoms with Gasteiger partial charge in [0.2, 0.25) is 17.6 Å². The van der Waals surface area contributed by atoms with Gasteiger partial charge in [0, 0.05) is 29.6 Å². The van der Waals surface area contributed by atoms with Crippen LogP contribution in [0.4, 0.5) is 22.0 Å². The molecule has 0 saturated carbocycles. The van der Waals surface area contributed by atoms with Gasteiger partial charge in [-0.3, -0.25) is 9.59 Å². The van der Waals surface area contributed by atoms with Crippen molar-refractivity contribution in [2.45, 2.75) is 70.1 Å². The van der Waals surface area contributed by atoms with Gasteiger partial charge in [-0.15, -0.1) is 0 Å². The van der Waals surface area contributed by atoms with E-state index < -0.39 is 52.5 Å². The van der Waals surface area contributed by atoms with E-state index >= 15 is 0 Å². The van der Waals surface area contributed by atoms with E-state index in [1.807, 2.05) is 33.8 Å². The van der Waals surface area contributed by atoms with Gasteiger partial charge < -0.3 is 16.0 Å². The summed E-state index contributed by atoms with van der Waals surface area (Å²) in [5, 5.41) is 17.9. The Bertz CT molecular complexity index is 1290. The van der Waals surface area contributed by atoms with Gasteiger partial charge in [0.1, 0.15) is 6.04 Å². The number of rotatable bonds is 7. The zero-order chi connectivity index (χ0) is 29.1. The van der Waals surface area contributed by atoms with E-state index in [0.29, 0.717) is 36.1 Å². The van der Waals surface area contributed by atoms with Crippen LogP contribution >= 0.6 is 0 Å². The number of amides is 2. The van der Waals surface area contributed by atoms with Crippen LogP contribution in [0.5, 0.6) is 0 Å². The summed E-state index contributed by atoms with van der Waals surface area (Å²) in [4.78, 5) is 26.0. The van der Waals surface area contributed by atoms with Gasteiger partial charge in [0.05, 0.1) is 17.2 Å². The van der Waals surface area contributed by atoms with Gasteiger partial charge in [-0.05, 0) is 64.3 Å². The van der Waals surface area contributed by atoms with Crippen LogP contribution in [-0.2, 0) is 16.0 Å². The first-order valence-corrected chi connectivity index (χ1v) is 12.2. The van der Waals surface area contributed by atoms with E-state index in [2.05, 4.69) is 16.0 Å². The highest BCUT2D eigenvalue weighted by Gasteiger charge is 2.39. The molecule has 39 heavy (non-hydrogen) atoms. The number of carbonyl (C=O) groups is 2. The lowest BCUT2D eigenvalue weighted by atomic mass is 9.79.